The van der Waals surface area contributed by atoms with E-state index in [4.69, 9.17) is 14.3 Å². The van der Waals surface area contributed by atoms with Gasteiger partial charge < -0.3 is 19.6 Å². The third-order valence-corrected chi connectivity index (χ3v) is 3.34. The fraction of sp³-hybridized carbons (Fsp3) is 0.571. The summed E-state index contributed by atoms with van der Waals surface area (Å²) < 4.78 is 10.1. The number of aliphatic hydroxyl groups is 1. The average Bonchev–Trinajstić information content (AvgIpc) is 2.47. The highest BCUT2D eigenvalue weighted by atomic mass is 16.5. The van der Waals surface area contributed by atoms with E-state index in [1.165, 1.54) is 6.42 Å². The molecule has 1 amide bonds. The zero-order chi connectivity index (χ0) is 14.4. The molecule has 0 saturated heterocycles. The van der Waals surface area contributed by atoms with Crippen molar-refractivity contribution in [2.24, 2.45) is 0 Å². The summed E-state index contributed by atoms with van der Waals surface area (Å²) in [7, 11) is 0. The summed E-state index contributed by atoms with van der Waals surface area (Å²) in [5.74, 6) is -0.0995. The van der Waals surface area contributed by atoms with E-state index in [0.717, 1.165) is 38.0 Å². The summed E-state index contributed by atoms with van der Waals surface area (Å²) in [4.78, 5) is 23.3. The van der Waals surface area contributed by atoms with Gasteiger partial charge in [0.05, 0.1) is 0 Å². The van der Waals surface area contributed by atoms with Crippen LogP contribution in [0.15, 0.2) is 21.5 Å². The van der Waals surface area contributed by atoms with E-state index >= 15 is 0 Å². The Morgan fingerprint density at radius 1 is 1.40 bits per heavy atom. The summed E-state index contributed by atoms with van der Waals surface area (Å²) in [5.41, 5.74) is -0.411. The van der Waals surface area contributed by atoms with Crippen molar-refractivity contribution >= 4 is 5.91 Å². The lowest BCUT2D eigenvalue weighted by Crippen LogP contribution is -2.39. The minimum atomic E-state index is -0.411. The molecule has 1 fully saturated rings. The van der Waals surface area contributed by atoms with Crippen LogP contribution < -0.4 is 15.5 Å². The molecule has 0 unspecified atom stereocenters. The van der Waals surface area contributed by atoms with Gasteiger partial charge in [-0.25, -0.2) is 0 Å². The van der Waals surface area contributed by atoms with E-state index in [1.807, 2.05) is 0 Å². The maximum Gasteiger partial charge on any atom is 0.258 e. The second-order valence-electron chi connectivity index (χ2n) is 4.92. The first kappa shape index (κ1) is 14.6. The van der Waals surface area contributed by atoms with Crippen molar-refractivity contribution in [3.8, 4) is 5.75 Å². The van der Waals surface area contributed by atoms with E-state index in [-0.39, 0.29) is 36.7 Å². The molecule has 1 aromatic rings. The average molecular weight is 281 g/mol. The first-order chi connectivity index (χ1) is 9.69. The first-order valence-electron chi connectivity index (χ1n) is 6.84. The number of hydrogen-bond acceptors (Lipinski definition) is 5. The van der Waals surface area contributed by atoms with Gasteiger partial charge in [0.1, 0.15) is 18.6 Å². The van der Waals surface area contributed by atoms with Crippen molar-refractivity contribution in [3.63, 3.8) is 0 Å². The van der Waals surface area contributed by atoms with Gasteiger partial charge in [-0.1, -0.05) is 19.3 Å². The Bertz CT molecular complexity index is 505. The van der Waals surface area contributed by atoms with Gasteiger partial charge in [-0.3, -0.25) is 9.59 Å². The second kappa shape index (κ2) is 7.09. The second-order valence-corrected chi connectivity index (χ2v) is 4.92. The topological polar surface area (TPSA) is 88.8 Å². The lowest BCUT2D eigenvalue weighted by Gasteiger charge is -2.22. The molecule has 110 valence electrons. The molecule has 0 spiro atoms. The van der Waals surface area contributed by atoms with Crippen LogP contribution in [0.1, 0.15) is 37.9 Å². The molecule has 0 aliphatic heterocycles. The Kier molecular flexibility index (Phi) is 5.17. The Morgan fingerprint density at radius 3 is 2.80 bits per heavy atom. The quantitative estimate of drug-likeness (QED) is 0.839. The Hall–Kier alpha value is -1.82. The number of carbonyl (C=O) groups excluding carboxylic acids is 1. The fourth-order valence-corrected chi connectivity index (χ4v) is 2.29. The minimum Gasteiger partial charge on any atom is -0.477 e. The molecular weight excluding hydrogens is 262 g/mol. The molecular formula is C14H19NO5. The molecule has 1 aromatic heterocycles. The predicted octanol–water partition coefficient (Wildman–Crippen LogP) is 0.960. The number of aliphatic hydroxyl groups excluding tert-OH is 1. The molecule has 0 bridgehead atoms. The van der Waals surface area contributed by atoms with Crippen LogP contribution in [0.2, 0.25) is 0 Å². The monoisotopic (exact) mass is 281 g/mol. The fourth-order valence-electron chi connectivity index (χ4n) is 2.29. The van der Waals surface area contributed by atoms with Gasteiger partial charge >= 0.3 is 0 Å². The minimum absolute atomic E-state index is 0.0269. The molecule has 1 saturated carbocycles. The molecule has 2 rings (SSSR count). The van der Waals surface area contributed by atoms with Gasteiger partial charge in [0, 0.05) is 12.1 Å². The molecule has 6 nitrogen and oxygen atoms in total. The van der Waals surface area contributed by atoms with Crippen molar-refractivity contribution in [2.75, 3.05) is 6.61 Å². The number of nitrogens with one attached hydrogen (secondary N) is 1. The summed E-state index contributed by atoms with van der Waals surface area (Å²) in [6.07, 6.45) is 6.61. The molecule has 1 aliphatic rings. The van der Waals surface area contributed by atoms with E-state index in [0.29, 0.717) is 0 Å². The van der Waals surface area contributed by atoms with Gasteiger partial charge in [-0.05, 0) is 12.8 Å². The lowest BCUT2D eigenvalue weighted by molar-refractivity contribution is -0.124. The summed E-state index contributed by atoms with van der Waals surface area (Å²) in [6, 6.07) is 1.36. The maximum atomic E-state index is 11.7. The van der Waals surface area contributed by atoms with E-state index in [9.17, 15) is 9.59 Å². The molecule has 20 heavy (non-hydrogen) atoms. The molecule has 0 radical (unpaired) electrons. The summed E-state index contributed by atoms with van der Waals surface area (Å²) >= 11 is 0. The molecule has 2 N–H and O–H groups in total. The number of rotatable bonds is 5. The molecule has 1 aliphatic carbocycles. The van der Waals surface area contributed by atoms with Gasteiger partial charge in [-0.2, -0.15) is 0 Å². The Morgan fingerprint density at radius 2 is 2.15 bits per heavy atom. The molecule has 0 atom stereocenters. The molecule has 1 heterocycles. The smallest absolute Gasteiger partial charge is 0.258 e. The van der Waals surface area contributed by atoms with Crippen molar-refractivity contribution in [3.05, 3.63) is 28.3 Å². The number of hydrogen-bond donors (Lipinski definition) is 2. The highest BCUT2D eigenvalue weighted by molar-refractivity contribution is 5.77. The maximum absolute atomic E-state index is 11.7. The van der Waals surface area contributed by atoms with Crippen LogP contribution in [0.25, 0.3) is 0 Å². The van der Waals surface area contributed by atoms with Crippen LogP contribution in [0.3, 0.4) is 0 Å². The van der Waals surface area contributed by atoms with E-state index < -0.39 is 5.43 Å². The summed E-state index contributed by atoms with van der Waals surface area (Å²) in [5, 5.41) is 11.7. The van der Waals surface area contributed by atoms with Crippen molar-refractivity contribution < 1.29 is 19.1 Å². The van der Waals surface area contributed by atoms with Gasteiger partial charge in [-0.15, -0.1) is 0 Å². The van der Waals surface area contributed by atoms with Crippen LogP contribution in [0, 0.1) is 0 Å². The third kappa shape index (κ3) is 4.09. The highest BCUT2D eigenvalue weighted by Gasteiger charge is 2.16. The van der Waals surface area contributed by atoms with E-state index in [1.54, 1.807) is 0 Å². The number of carbonyl (C=O) groups is 1. The number of ether oxygens (including phenoxy) is 1. The van der Waals surface area contributed by atoms with Crippen LogP contribution >= 0.6 is 0 Å². The number of amides is 1. The van der Waals surface area contributed by atoms with Crippen LogP contribution in [-0.4, -0.2) is 23.7 Å². The normalized spacial score (nSPS) is 15.8. The molecule has 6 heteroatoms. The Balaban J connectivity index is 1.82. The predicted molar refractivity (Wildman–Crippen MR) is 71.4 cm³/mol. The highest BCUT2D eigenvalue weighted by Crippen LogP contribution is 2.17. The summed E-state index contributed by atoms with van der Waals surface area (Å²) in [6.45, 7) is -0.558. The van der Waals surface area contributed by atoms with Gasteiger partial charge in [0.2, 0.25) is 11.2 Å². The largest absolute Gasteiger partial charge is 0.477 e. The Labute approximate surface area is 116 Å². The zero-order valence-corrected chi connectivity index (χ0v) is 11.3. The van der Waals surface area contributed by atoms with Gasteiger partial charge in [0.25, 0.3) is 5.91 Å². The third-order valence-electron chi connectivity index (χ3n) is 3.34. The SMILES string of the molecule is O=C(COc1coc(CO)cc1=O)NC1CCCCC1. The van der Waals surface area contributed by atoms with Crippen molar-refractivity contribution in [1.29, 1.82) is 0 Å². The van der Waals surface area contributed by atoms with Crippen molar-refractivity contribution in [1.82, 2.24) is 5.32 Å². The van der Waals surface area contributed by atoms with Crippen molar-refractivity contribution in [2.45, 2.75) is 44.8 Å². The lowest BCUT2D eigenvalue weighted by atomic mass is 9.95. The van der Waals surface area contributed by atoms with Crippen LogP contribution in [-0.2, 0) is 11.4 Å². The van der Waals surface area contributed by atoms with Gasteiger partial charge in [0.15, 0.2) is 6.61 Å². The van der Waals surface area contributed by atoms with E-state index in [2.05, 4.69) is 5.32 Å². The van der Waals surface area contributed by atoms with Crippen LogP contribution in [0.4, 0.5) is 0 Å². The molecule has 0 aromatic carbocycles. The standard InChI is InChI=1S/C14H19NO5/c16-7-11-6-12(17)13(8-19-11)20-9-14(18)15-10-4-2-1-3-5-10/h6,8,10,16H,1-5,7,9H2,(H,15,18). The zero-order valence-electron chi connectivity index (χ0n) is 11.3. The first-order valence-corrected chi connectivity index (χ1v) is 6.84. The van der Waals surface area contributed by atoms with Crippen LogP contribution in [0.5, 0.6) is 5.75 Å².